The van der Waals surface area contributed by atoms with Gasteiger partial charge in [-0.15, -0.1) is 0 Å². The average molecular weight is 373 g/mol. The van der Waals surface area contributed by atoms with Crippen molar-refractivity contribution < 1.29 is 24.9 Å². The molecule has 0 spiro atoms. The van der Waals surface area contributed by atoms with E-state index >= 15 is 0 Å². The first-order valence-corrected chi connectivity index (χ1v) is 10.4. The van der Waals surface area contributed by atoms with Crippen LogP contribution in [0.1, 0.15) is 96.8 Å². The topological polar surface area (TPSA) is 87.0 Å². The van der Waals surface area contributed by atoms with Gasteiger partial charge in [-0.1, -0.05) is 70.4 Å². The minimum absolute atomic E-state index is 0.251. The van der Waals surface area contributed by atoms with E-state index in [-0.39, 0.29) is 6.42 Å². The molecule has 0 bridgehead atoms. The molecule has 0 amide bonds. The molecule has 154 valence electrons. The van der Waals surface area contributed by atoms with Crippen LogP contribution < -0.4 is 0 Å². The molecule has 5 nitrogen and oxygen atoms in total. The van der Waals surface area contributed by atoms with Crippen LogP contribution in [-0.4, -0.2) is 40.3 Å². The van der Waals surface area contributed by atoms with E-state index in [0.717, 1.165) is 32.1 Å². The van der Waals surface area contributed by atoms with Gasteiger partial charge < -0.3 is 20.1 Å². The fraction of sp³-hybridized carbons (Fsp3) is 0.857. The number of rotatable bonds is 18. The number of unbranched alkanes of at least 4 members (excludes halogenated alkanes) is 11. The highest BCUT2D eigenvalue weighted by atomic mass is 16.6. The van der Waals surface area contributed by atoms with Crippen molar-refractivity contribution in [3.63, 3.8) is 0 Å². The largest absolute Gasteiger partial charge is 0.454 e. The fourth-order valence-corrected chi connectivity index (χ4v) is 2.76. The molecule has 26 heavy (non-hydrogen) atoms. The highest BCUT2D eigenvalue weighted by Gasteiger charge is 2.19. The van der Waals surface area contributed by atoms with Crippen LogP contribution in [0.3, 0.4) is 0 Å². The van der Waals surface area contributed by atoms with Crippen molar-refractivity contribution in [2.75, 3.05) is 6.61 Å². The normalized spacial score (nSPS) is 12.8. The number of hydrogen-bond donors (Lipinski definition) is 3. The van der Waals surface area contributed by atoms with Crippen molar-refractivity contribution in [2.45, 2.75) is 109 Å². The maximum atomic E-state index is 11.5. The lowest BCUT2D eigenvalue weighted by Gasteiger charge is -2.16. The fourth-order valence-electron chi connectivity index (χ4n) is 2.76. The summed E-state index contributed by atoms with van der Waals surface area (Å²) in [5.41, 5.74) is 0. The van der Waals surface area contributed by atoms with E-state index in [1.165, 1.54) is 51.4 Å². The number of carbonyl (C=O) groups excluding carboxylic acids is 1. The summed E-state index contributed by atoms with van der Waals surface area (Å²) < 4.78 is 4.78. The molecular weight excluding hydrogens is 332 g/mol. The van der Waals surface area contributed by atoms with E-state index in [4.69, 9.17) is 20.1 Å². The van der Waals surface area contributed by atoms with Crippen LogP contribution in [0, 0.1) is 0 Å². The number of esters is 1. The summed E-state index contributed by atoms with van der Waals surface area (Å²) in [6.45, 7) is 1.66. The van der Waals surface area contributed by atoms with E-state index in [2.05, 4.69) is 19.1 Å². The zero-order valence-corrected chi connectivity index (χ0v) is 16.6. The molecule has 0 saturated heterocycles. The zero-order chi connectivity index (χ0) is 19.5. The van der Waals surface area contributed by atoms with E-state index in [9.17, 15) is 4.79 Å². The Balaban J connectivity index is 3.35. The summed E-state index contributed by atoms with van der Waals surface area (Å²) in [5.74, 6) is -0.491. The Kier molecular flexibility index (Phi) is 18.2. The number of hydrogen-bond acceptors (Lipinski definition) is 5. The van der Waals surface area contributed by atoms with Crippen LogP contribution in [0.4, 0.5) is 0 Å². The Morgan fingerprint density at radius 1 is 0.846 bits per heavy atom. The third kappa shape index (κ3) is 16.6. The molecule has 0 aliphatic carbocycles. The zero-order valence-electron chi connectivity index (χ0n) is 16.6. The first-order chi connectivity index (χ1) is 12.6. The van der Waals surface area contributed by atoms with Gasteiger partial charge in [0.05, 0.1) is 6.61 Å². The second-order valence-electron chi connectivity index (χ2n) is 6.96. The molecule has 5 heteroatoms. The van der Waals surface area contributed by atoms with Gasteiger partial charge in [-0.25, -0.2) is 0 Å². The Labute approximate surface area is 159 Å². The number of allylic oxidation sites excluding steroid dienone is 2. The molecule has 0 fully saturated rings. The molecule has 0 rings (SSSR count). The van der Waals surface area contributed by atoms with Crippen LogP contribution in [0.5, 0.6) is 0 Å². The molecular formula is C21H40O5. The average Bonchev–Trinajstić information content (AvgIpc) is 2.62. The predicted molar refractivity (Wildman–Crippen MR) is 105 cm³/mol. The van der Waals surface area contributed by atoms with Crippen molar-refractivity contribution in [2.24, 2.45) is 0 Å². The lowest BCUT2D eigenvalue weighted by molar-refractivity contribution is -0.181. The van der Waals surface area contributed by atoms with Gasteiger partial charge in [0.15, 0.2) is 12.4 Å². The monoisotopic (exact) mass is 372 g/mol. The summed E-state index contributed by atoms with van der Waals surface area (Å²) in [6, 6.07) is 0. The molecule has 0 saturated carbocycles. The summed E-state index contributed by atoms with van der Waals surface area (Å²) >= 11 is 0. The van der Waals surface area contributed by atoms with Gasteiger partial charge in [0.2, 0.25) is 0 Å². The Morgan fingerprint density at radius 2 is 1.35 bits per heavy atom. The highest BCUT2D eigenvalue weighted by molar-refractivity contribution is 5.69. The molecule has 0 heterocycles. The van der Waals surface area contributed by atoms with E-state index < -0.39 is 25.0 Å². The highest BCUT2D eigenvalue weighted by Crippen LogP contribution is 2.10. The van der Waals surface area contributed by atoms with Crippen molar-refractivity contribution >= 4 is 5.97 Å². The predicted octanol–water partition coefficient (Wildman–Crippen LogP) is 4.24. The van der Waals surface area contributed by atoms with Crippen LogP contribution in [0.15, 0.2) is 12.2 Å². The summed E-state index contributed by atoms with van der Waals surface area (Å²) in [6.07, 6.45) is 17.3. The maximum absolute atomic E-state index is 11.5. The smallest absolute Gasteiger partial charge is 0.306 e. The summed E-state index contributed by atoms with van der Waals surface area (Å²) in [5, 5.41) is 26.6. The number of aliphatic hydroxyl groups excluding tert-OH is 2. The van der Waals surface area contributed by atoms with Gasteiger partial charge in [-0.2, -0.15) is 0 Å². The lowest BCUT2D eigenvalue weighted by Crippen LogP contribution is -2.34. The number of ether oxygens (including phenoxy) is 1. The van der Waals surface area contributed by atoms with Crippen LogP contribution in [0.25, 0.3) is 0 Å². The van der Waals surface area contributed by atoms with Crippen molar-refractivity contribution in [1.29, 1.82) is 0 Å². The van der Waals surface area contributed by atoms with Crippen LogP contribution >= 0.6 is 0 Å². The molecule has 1 atom stereocenters. The molecule has 0 radical (unpaired) electrons. The van der Waals surface area contributed by atoms with E-state index in [0.29, 0.717) is 0 Å². The number of aliphatic hydroxyl groups is 3. The lowest BCUT2D eigenvalue weighted by atomic mass is 10.1. The molecule has 0 aromatic heterocycles. The second-order valence-corrected chi connectivity index (χ2v) is 6.96. The Morgan fingerprint density at radius 3 is 1.85 bits per heavy atom. The van der Waals surface area contributed by atoms with Crippen LogP contribution in [0.2, 0.25) is 0 Å². The molecule has 0 aliphatic heterocycles. The van der Waals surface area contributed by atoms with E-state index in [1.54, 1.807) is 0 Å². The van der Waals surface area contributed by atoms with Gasteiger partial charge in [0.25, 0.3) is 0 Å². The maximum Gasteiger partial charge on any atom is 0.306 e. The summed E-state index contributed by atoms with van der Waals surface area (Å²) in [7, 11) is 0. The quantitative estimate of drug-likeness (QED) is 0.145. The summed E-state index contributed by atoms with van der Waals surface area (Å²) in [4.78, 5) is 11.5. The van der Waals surface area contributed by atoms with Crippen LogP contribution in [-0.2, 0) is 9.53 Å². The minimum atomic E-state index is -1.84. The van der Waals surface area contributed by atoms with Gasteiger partial charge in [0.1, 0.15) is 0 Å². The first kappa shape index (κ1) is 25.1. The van der Waals surface area contributed by atoms with Crippen molar-refractivity contribution in [3.8, 4) is 0 Å². The van der Waals surface area contributed by atoms with Gasteiger partial charge >= 0.3 is 5.97 Å². The Hall–Kier alpha value is -0.910. The Bertz CT molecular complexity index is 341. The molecule has 0 aliphatic rings. The van der Waals surface area contributed by atoms with Gasteiger partial charge in [-0.05, 0) is 32.1 Å². The second kappa shape index (κ2) is 18.9. The van der Waals surface area contributed by atoms with Gasteiger partial charge in [0, 0.05) is 6.42 Å². The third-order valence-electron chi connectivity index (χ3n) is 4.44. The third-order valence-corrected chi connectivity index (χ3v) is 4.44. The molecule has 0 unspecified atom stereocenters. The standard InChI is InChI=1S/C21H40O5/c1-2-3-4-5-6-7-8-9-10-11-12-13-14-15-16-17-20(23)26-19(18-22)21(24)25/h9-10,19,21-22,24-25H,2-8,11-18H2,1H3/b10-9-/t19-/m0/s1. The van der Waals surface area contributed by atoms with Gasteiger partial charge in [-0.3, -0.25) is 4.79 Å². The van der Waals surface area contributed by atoms with Crippen molar-refractivity contribution in [1.82, 2.24) is 0 Å². The number of carbonyl (C=O) groups is 1. The SMILES string of the molecule is CCCCCCCC/C=C\CCCCCCCC(=O)O[C@@H](CO)C(O)O. The first-order valence-electron chi connectivity index (χ1n) is 10.4. The minimum Gasteiger partial charge on any atom is -0.454 e. The molecule has 0 aromatic carbocycles. The van der Waals surface area contributed by atoms with Crippen molar-refractivity contribution in [3.05, 3.63) is 12.2 Å². The molecule has 3 N–H and O–H groups in total. The van der Waals surface area contributed by atoms with E-state index in [1.807, 2.05) is 0 Å². The molecule has 0 aromatic rings.